The van der Waals surface area contributed by atoms with Crippen molar-refractivity contribution >= 4 is 10.0 Å². The molecule has 2 aromatic heterocycles. The summed E-state index contributed by atoms with van der Waals surface area (Å²) in [5.74, 6) is -3.06. The Hall–Kier alpha value is -2.72. The standard InChI is InChI=1S/C16H12F3N3O3S/c1-8-2-10(7-21-6-8)15-14(13(5-17)25-22-15)9-3-11(18)16(12(19)4-9)26(20,23)24/h2-4,6-7H,5H2,1H3,(H2,20,23,24). The van der Waals surface area contributed by atoms with Crippen molar-refractivity contribution in [2.24, 2.45) is 5.14 Å². The lowest BCUT2D eigenvalue weighted by Gasteiger charge is -2.08. The summed E-state index contributed by atoms with van der Waals surface area (Å²) in [6.07, 6.45) is 3.02. The summed E-state index contributed by atoms with van der Waals surface area (Å²) < 4.78 is 69.2. The normalized spacial score (nSPS) is 11.7. The van der Waals surface area contributed by atoms with Crippen molar-refractivity contribution < 1.29 is 26.1 Å². The summed E-state index contributed by atoms with van der Waals surface area (Å²) in [7, 11) is -4.61. The number of halogens is 3. The number of nitrogens with two attached hydrogens (primary N) is 1. The molecular weight excluding hydrogens is 371 g/mol. The fourth-order valence-electron chi connectivity index (χ4n) is 2.57. The van der Waals surface area contributed by atoms with E-state index in [0.717, 1.165) is 17.7 Å². The van der Waals surface area contributed by atoms with Gasteiger partial charge in [0, 0.05) is 18.0 Å². The van der Waals surface area contributed by atoms with Crippen LogP contribution in [0.2, 0.25) is 0 Å². The van der Waals surface area contributed by atoms with Crippen LogP contribution in [-0.4, -0.2) is 18.6 Å². The van der Waals surface area contributed by atoms with Crippen molar-refractivity contribution in [3.8, 4) is 22.4 Å². The highest BCUT2D eigenvalue weighted by molar-refractivity contribution is 7.89. The van der Waals surface area contributed by atoms with Crippen molar-refractivity contribution in [3.63, 3.8) is 0 Å². The topological polar surface area (TPSA) is 99.1 Å². The zero-order valence-electron chi connectivity index (χ0n) is 13.3. The van der Waals surface area contributed by atoms with Crippen LogP contribution in [0.5, 0.6) is 0 Å². The minimum Gasteiger partial charge on any atom is -0.357 e. The Morgan fingerprint density at radius 2 is 1.77 bits per heavy atom. The fourth-order valence-corrected chi connectivity index (χ4v) is 3.23. The van der Waals surface area contributed by atoms with Crippen LogP contribution < -0.4 is 5.14 Å². The van der Waals surface area contributed by atoms with Gasteiger partial charge in [0.1, 0.15) is 17.3 Å². The number of hydrogen-bond donors (Lipinski definition) is 1. The Kier molecular flexibility index (Phi) is 4.55. The lowest BCUT2D eigenvalue weighted by Crippen LogP contribution is -2.16. The van der Waals surface area contributed by atoms with Gasteiger partial charge in [-0.3, -0.25) is 4.98 Å². The summed E-state index contributed by atoms with van der Waals surface area (Å²) in [5, 5.41) is 8.58. The molecule has 0 spiro atoms. The zero-order valence-corrected chi connectivity index (χ0v) is 14.1. The van der Waals surface area contributed by atoms with E-state index in [1.807, 2.05) is 0 Å². The van der Waals surface area contributed by atoms with Gasteiger partial charge in [0.05, 0.1) is 5.56 Å². The molecule has 0 radical (unpaired) electrons. The first-order chi connectivity index (χ1) is 12.2. The summed E-state index contributed by atoms with van der Waals surface area (Å²) in [6.45, 7) is 0.689. The number of pyridine rings is 1. The van der Waals surface area contributed by atoms with Crippen molar-refractivity contribution in [1.82, 2.24) is 10.1 Å². The highest BCUT2D eigenvalue weighted by Crippen LogP contribution is 2.37. The molecule has 0 saturated heterocycles. The third-order valence-corrected chi connectivity index (χ3v) is 4.56. The van der Waals surface area contributed by atoms with Gasteiger partial charge in [0.25, 0.3) is 0 Å². The molecule has 26 heavy (non-hydrogen) atoms. The Balaban J connectivity index is 2.26. The molecule has 3 rings (SSSR count). The van der Waals surface area contributed by atoms with Gasteiger partial charge in [0.2, 0.25) is 10.0 Å². The van der Waals surface area contributed by atoms with Crippen LogP contribution in [-0.2, 0) is 16.7 Å². The SMILES string of the molecule is Cc1cncc(-c2noc(CF)c2-c2cc(F)c(S(N)(=O)=O)c(F)c2)c1. The predicted octanol–water partition coefficient (Wildman–Crippen LogP) is 3.11. The smallest absolute Gasteiger partial charge is 0.243 e. The number of alkyl halides is 1. The lowest BCUT2D eigenvalue weighted by molar-refractivity contribution is 0.332. The molecule has 0 unspecified atom stereocenters. The van der Waals surface area contributed by atoms with E-state index in [4.69, 9.17) is 9.66 Å². The molecule has 0 saturated carbocycles. The van der Waals surface area contributed by atoms with Crippen LogP contribution in [0.3, 0.4) is 0 Å². The first-order valence-electron chi connectivity index (χ1n) is 7.21. The van der Waals surface area contributed by atoms with Crippen molar-refractivity contribution in [1.29, 1.82) is 0 Å². The maximum absolute atomic E-state index is 14.2. The van der Waals surface area contributed by atoms with Crippen LogP contribution in [0.15, 0.2) is 40.0 Å². The minimum absolute atomic E-state index is 0.00123. The molecule has 1 aromatic carbocycles. The Morgan fingerprint density at radius 1 is 1.12 bits per heavy atom. The third kappa shape index (κ3) is 3.20. The van der Waals surface area contributed by atoms with Crippen LogP contribution >= 0.6 is 0 Å². The maximum atomic E-state index is 14.2. The Morgan fingerprint density at radius 3 is 2.31 bits per heavy atom. The number of rotatable bonds is 4. The highest BCUT2D eigenvalue weighted by atomic mass is 32.2. The van der Waals surface area contributed by atoms with E-state index in [9.17, 15) is 21.6 Å². The second kappa shape index (κ2) is 6.54. The molecule has 0 atom stereocenters. The quantitative estimate of drug-likeness (QED) is 0.746. The maximum Gasteiger partial charge on any atom is 0.243 e. The second-order valence-electron chi connectivity index (χ2n) is 5.53. The fraction of sp³-hybridized carbons (Fsp3) is 0.125. The predicted molar refractivity (Wildman–Crippen MR) is 86.0 cm³/mol. The summed E-state index contributed by atoms with van der Waals surface area (Å²) in [6, 6.07) is 3.16. The first-order valence-corrected chi connectivity index (χ1v) is 8.75. The molecular formula is C16H12F3N3O3S. The van der Waals surface area contributed by atoms with Gasteiger partial charge in [-0.25, -0.2) is 26.7 Å². The first kappa shape index (κ1) is 18.1. The van der Waals surface area contributed by atoms with E-state index in [2.05, 4.69) is 10.1 Å². The van der Waals surface area contributed by atoms with Crippen molar-refractivity contribution in [2.45, 2.75) is 18.5 Å². The number of sulfonamides is 1. The largest absolute Gasteiger partial charge is 0.357 e. The summed E-state index contributed by atoms with van der Waals surface area (Å²) >= 11 is 0. The van der Waals surface area contributed by atoms with E-state index >= 15 is 0 Å². The van der Waals surface area contributed by atoms with Crippen LogP contribution in [0, 0.1) is 18.6 Å². The molecule has 0 fully saturated rings. The number of aryl methyl sites for hydroxylation is 1. The molecule has 0 aliphatic carbocycles. The van der Waals surface area contributed by atoms with Crippen molar-refractivity contribution in [3.05, 3.63) is 53.6 Å². The molecule has 6 nitrogen and oxygen atoms in total. The molecule has 0 aliphatic heterocycles. The number of primary sulfonamides is 1. The summed E-state index contributed by atoms with van der Waals surface area (Å²) in [4.78, 5) is 2.73. The molecule has 2 heterocycles. The van der Waals surface area contributed by atoms with E-state index in [1.165, 1.54) is 6.20 Å². The zero-order chi connectivity index (χ0) is 19.1. The van der Waals surface area contributed by atoms with Crippen molar-refractivity contribution in [2.75, 3.05) is 0 Å². The minimum atomic E-state index is -4.61. The van der Waals surface area contributed by atoms with Crippen LogP contribution in [0.4, 0.5) is 13.2 Å². The summed E-state index contributed by atoms with van der Waals surface area (Å²) in [5.41, 5.74) is 1.20. The molecule has 0 amide bonds. The van der Waals surface area contributed by atoms with E-state index < -0.39 is 33.2 Å². The van der Waals surface area contributed by atoms with Gasteiger partial charge < -0.3 is 4.52 Å². The van der Waals surface area contributed by atoms with E-state index in [0.29, 0.717) is 5.56 Å². The third-order valence-electron chi connectivity index (χ3n) is 3.60. The van der Waals surface area contributed by atoms with Gasteiger partial charge in [-0.05, 0) is 36.2 Å². The highest BCUT2D eigenvalue weighted by Gasteiger charge is 2.26. The number of nitrogens with zero attached hydrogens (tertiary/aromatic N) is 2. The number of hydrogen-bond acceptors (Lipinski definition) is 5. The molecule has 10 heteroatoms. The van der Waals surface area contributed by atoms with Gasteiger partial charge in [-0.1, -0.05) is 5.16 Å². The molecule has 136 valence electrons. The molecule has 2 N–H and O–H groups in total. The Labute approximate surface area is 146 Å². The van der Waals surface area contributed by atoms with Gasteiger partial charge in [-0.2, -0.15) is 0 Å². The number of aromatic nitrogens is 2. The van der Waals surface area contributed by atoms with Gasteiger partial charge in [0.15, 0.2) is 17.3 Å². The molecule has 3 aromatic rings. The van der Waals surface area contributed by atoms with Crippen LogP contribution in [0.1, 0.15) is 11.3 Å². The molecule has 0 aliphatic rings. The lowest BCUT2D eigenvalue weighted by atomic mass is 9.99. The number of benzene rings is 1. The van der Waals surface area contributed by atoms with E-state index in [1.54, 1.807) is 19.2 Å². The van der Waals surface area contributed by atoms with Gasteiger partial charge in [-0.15, -0.1) is 0 Å². The monoisotopic (exact) mass is 383 g/mol. The second-order valence-corrected chi connectivity index (χ2v) is 7.03. The van der Waals surface area contributed by atoms with E-state index in [-0.39, 0.29) is 22.6 Å². The Bertz CT molecular complexity index is 1070. The van der Waals surface area contributed by atoms with Gasteiger partial charge >= 0.3 is 0 Å². The van der Waals surface area contributed by atoms with Crippen LogP contribution in [0.25, 0.3) is 22.4 Å². The molecule has 0 bridgehead atoms. The average molecular weight is 383 g/mol. The average Bonchev–Trinajstić information content (AvgIpc) is 2.96.